The molecule has 0 bridgehead atoms. The zero-order valence-corrected chi connectivity index (χ0v) is 20.9. The van der Waals surface area contributed by atoms with Gasteiger partial charge in [-0.1, -0.05) is 61.8 Å². The molecule has 0 fully saturated rings. The molecule has 5 rings (SSSR count). The number of ether oxygens (including phenoxy) is 1. The molecule has 180 valence electrons. The fourth-order valence-corrected chi connectivity index (χ4v) is 5.18. The molecule has 0 aliphatic carbocycles. The molecule has 0 saturated carbocycles. The smallest absolute Gasteiger partial charge is 0.297 e. The molecule has 2 aromatic carbocycles. The third-order valence-corrected chi connectivity index (χ3v) is 7.27. The summed E-state index contributed by atoms with van der Waals surface area (Å²) >= 11 is 1.35. The number of aromatic nitrogens is 2. The van der Waals surface area contributed by atoms with Crippen LogP contribution < -0.4 is 15.1 Å². The van der Waals surface area contributed by atoms with Crippen LogP contribution in [0.3, 0.4) is 0 Å². The Kier molecular flexibility index (Phi) is 6.38. The number of nitrogens with zero attached hydrogens (tertiary/aromatic N) is 3. The van der Waals surface area contributed by atoms with Crippen molar-refractivity contribution in [2.75, 3.05) is 11.5 Å². The molecular formula is C27H27N3O4S. The summed E-state index contributed by atoms with van der Waals surface area (Å²) in [7, 11) is 0. The van der Waals surface area contributed by atoms with Crippen molar-refractivity contribution in [2.45, 2.75) is 52.5 Å². The maximum atomic E-state index is 13.7. The van der Waals surface area contributed by atoms with Crippen molar-refractivity contribution in [3.63, 3.8) is 0 Å². The minimum absolute atomic E-state index is 0.0597. The van der Waals surface area contributed by atoms with Crippen molar-refractivity contribution in [1.29, 1.82) is 0 Å². The van der Waals surface area contributed by atoms with Gasteiger partial charge in [-0.25, -0.2) is 0 Å². The Morgan fingerprint density at radius 3 is 2.57 bits per heavy atom. The Labute approximate surface area is 207 Å². The average Bonchev–Trinajstić information content (AvgIpc) is 3.45. The number of rotatable bonds is 8. The first-order valence-electron chi connectivity index (χ1n) is 12.0. The average molecular weight is 490 g/mol. The number of fused-ring (bicyclic) bond motifs is 2. The number of unbranched alkanes of at least 4 members (excludes halogenated alkanes) is 2. The van der Waals surface area contributed by atoms with Crippen LogP contribution in [-0.4, -0.2) is 22.7 Å². The van der Waals surface area contributed by atoms with Gasteiger partial charge in [0, 0.05) is 0 Å². The second-order valence-electron chi connectivity index (χ2n) is 8.71. The molecule has 7 nitrogen and oxygen atoms in total. The molecule has 8 heteroatoms. The van der Waals surface area contributed by atoms with Crippen LogP contribution in [0, 0.1) is 6.92 Å². The molecule has 0 radical (unpaired) electrons. The number of anilines is 1. The Balaban J connectivity index is 1.61. The van der Waals surface area contributed by atoms with E-state index >= 15 is 0 Å². The number of hydrogen-bond donors (Lipinski definition) is 0. The number of carbonyl (C=O) groups is 1. The molecule has 35 heavy (non-hydrogen) atoms. The van der Waals surface area contributed by atoms with Crippen LogP contribution in [0.4, 0.5) is 5.13 Å². The van der Waals surface area contributed by atoms with Gasteiger partial charge in [-0.3, -0.25) is 14.5 Å². The van der Waals surface area contributed by atoms with E-state index in [2.05, 4.69) is 17.1 Å². The van der Waals surface area contributed by atoms with Crippen LogP contribution in [0.15, 0.2) is 51.7 Å². The molecule has 1 atom stereocenters. The zero-order valence-electron chi connectivity index (χ0n) is 20.0. The first-order chi connectivity index (χ1) is 17.0. The van der Waals surface area contributed by atoms with Gasteiger partial charge >= 0.3 is 0 Å². The second-order valence-corrected chi connectivity index (χ2v) is 9.75. The van der Waals surface area contributed by atoms with Crippen LogP contribution >= 0.6 is 11.3 Å². The monoisotopic (exact) mass is 489 g/mol. The molecule has 3 heterocycles. The first-order valence-corrected chi connectivity index (χ1v) is 12.8. The minimum atomic E-state index is -0.662. The van der Waals surface area contributed by atoms with Gasteiger partial charge in [0.1, 0.15) is 16.3 Å². The van der Waals surface area contributed by atoms with Crippen molar-refractivity contribution in [3.05, 3.63) is 80.1 Å². The summed E-state index contributed by atoms with van der Waals surface area (Å²) in [5.41, 5.74) is 2.26. The van der Waals surface area contributed by atoms with Gasteiger partial charge < -0.3 is 9.15 Å². The summed E-state index contributed by atoms with van der Waals surface area (Å²) < 4.78 is 11.9. The van der Waals surface area contributed by atoms with Crippen LogP contribution in [0.1, 0.15) is 71.4 Å². The molecule has 1 aliphatic heterocycles. The van der Waals surface area contributed by atoms with E-state index in [0.29, 0.717) is 34.7 Å². The van der Waals surface area contributed by atoms with Crippen LogP contribution in [0.5, 0.6) is 5.75 Å². The molecular weight excluding hydrogens is 462 g/mol. The summed E-state index contributed by atoms with van der Waals surface area (Å²) in [4.78, 5) is 28.9. The van der Waals surface area contributed by atoms with Crippen molar-refractivity contribution in [2.24, 2.45) is 0 Å². The number of aryl methyl sites for hydroxylation is 2. The quantitative estimate of drug-likeness (QED) is 0.289. The first kappa shape index (κ1) is 23.2. The minimum Gasteiger partial charge on any atom is -0.494 e. The van der Waals surface area contributed by atoms with Crippen molar-refractivity contribution < 1.29 is 13.9 Å². The van der Waals surface area contributed by atoms with Crippen molar-refractivity contribution >= 4 is 33.3 Å². The van der Waals surface area contributed by atoms with Gasteiger partial charge in [-0.15, -0.1) is 10.2 Å². The molecule has 1 aliphatic rings. The van der Waals surface area contributed by atoms with E-state index in [1.54, 1.807) is 12.1 Å². The van der Waals surface area contributed by atoms with E-state index in [1.807, 2.05) is 44.2 Å². The van der Waals surface area contributed by atoms with Gasteiger partial charge in [0.05, 0.1) is 23.6 Å². The lowest BCUT2D eigenvalue weighted by molar-refractivity contribution is 0.0970. The van der Waals surface area contributed by atoms with E-state index < -0.39 is 6.04 Å². The molecule has 1 amide bonds. The second kappa shape index (κ2) is 9.62. The van der Waals surface area contributed by atoms with E-state index in [-0.39, 0.29) is 17.1 Å². The van der Waals surface area contributed by atoms with Crippen LogP contribution in [0.25, 0.3) is 11.0 Å². The highest BCUT2D eigenvalue weighted by atomic mass is 32.1. The lowest BCUT2D eigenvalue weighted by atomic mass is 9.98. The largest absolute Gasteiger partial charge is 0.494 e. The van der Waals surface area contributed by atoms with Crippen LogP contribution in [-0.2, 0) is 6.42 Å². The van der Waals surface area contributed by atoms with Crippen LogP contribution in [0.2, 0.25) is 0 Å². The highest BCUT2D eigenvalue weighted by molar-refractivity contribution is 7.15. The standard InChI is InChI=1S/C27H27N3O4S/c1-4-6-7-14-33-18-11-9-17(10-12-18)23-22-24(31)19-15-16(3)8-13-20(19)34-25(22)26(32)30(23)27-29-28-21(5-2)35-27/h8-13,15,23H,4-7,14H2,1-3H3. The Morgan fingerprint density at radius 2 is 1.86 bits per heavy atom. The normalized spacial score (nSPS) is 15.1. The number of hydrogen-bond acceptors (Lipinski definition) is 7. The van der Waals surface area contributed by atoms with E-state index in [0.717, 1.165) is 41.1 Å². The molecule has 2 aromatic heterocycles. The Bertz CT molecular complexity index is 1440. The number of benzene rings is 2. The fourth-order valence-electron chi connectivity index (χ4n) is 4.37. The predicted molar refractivity (Wildman–Crippen MR) is 137 cm³/mol. The third-order valence-electron chi connectivity index (χ3n) is 6.20. The zero-order chi connectivity index (χ0) is 24.5. The van der Waals surface area contributed by atoms with Gasteiger partial charge in [0.2, 0.25) is 10.9 Å². The highest BCUT2D eigenvalue weighted by Gasteiger charge is 2.45. The number of carbonyl (C=O) groups excluding carboxylic acids is 1. The summed E-state index contributed by atoms with van der Waals surface area (Å²) in [6, 6.07) is 12.3. The maximum Gasteiger partial charge on any atom is 0.297 e. The van der Waals surface area contributed by atoms with Gasteiger partial charge in [0.15, 0.2) is 5.43 Å². The summed E-state index contributed by atoms with van der Waals surface area (Å²) in [5.74, 6) is 0.430. The lowest BCUT2D eigenvalue weighted by Crippen LogP contribution is -2.29. The van der Waals surface area contributed by atoms with E-state index in [9.17, 15) is 9.59 Å². The van der Waals surface area contributed by atoms with E-state index in [1.165, 1.54) is 16.2 Å². The topological polar surface area (TPSA) is 85.5 Å². The molecule has 0 N–H and O–H groups in total. The Morgan fingerprint density at radius 1 is 1.06 bits per heavy atom. The van der Waals surface area contributed by atoms with Crippen molar-refractivity contribution in [3.8, 4) is 5.75 Å². The highest BCUT2D eigenvalue weighted by Crippen LogP contribution is 2.42. The SMILES string of the molecule is CCCCCOc1ccc(C2c3c(oc4ccc(C)cc4c3=O)C(=O)N2c2nnc(CC)s2)cc1. The third kappa shape index (κ3) is 4.23. The molecule has 4 aromatic rings. The van der Waals surface area contributed by atoms with Gasteiger partial charge in [-0.05, 0) is 49.6 Å². The fraction of sp³-hybridized carbons (Fsp3) is 0.333. The van der Waals surface area contributed by atoms with Gasteiger partial charge in [-0.2, -0.15) is 0 Å². The Hall–Kier alpha value is -3.52. The summed E-state index contributed by atoms with van der Waals surface area (Å²) in [6.45, 7) is 6.73. The van der Waals surface area contributed by atoms with E-state index in [4.69, 9.17) is 9.15 Å². The van der Waals surface area contributed by atoms with Gasteiger partial charge in [0.25, 0.3) is 5.91 Å². The lowest BCUT2D eigenvalue weighted by Gasteiger charge is -2.22. The summed E-state index contributed by atoms with van der Waals surface area (Å²) in [5, 5.41) is 10.2. The number of amides is 1. The predicted octanol–water partition coefficient (Wildman–Crippen LogP) is 5.83. The maximum absolute atomic E-state index is 13.7. The molecule has 1 unspecified atom stereocenters. The van der Waals surface area contributed by atoms with Crippen molar-refractivity contribution in [1.82, 2.24) is 10.2 Å². The summed E-state index contributed by atoms with van der Waals surface area (Å²) in [6.07, 6.45) is 3.97. The molecule has 0 saturated heterocycles. The molecule has 0 spiro atoms.